The average Bonchev–Trinajstić information content (AvgIpc) is 3.18. The van der Waals surface area contributed by atoms with Crippen LogP contribution in [0, 0.1) is 28.1 Å². The molecule has 1 aliphatic rings. The van der Waals surface area contributed by atoms with Crippen LogP contribution in [0.1, 0.15) is 25.3 Å². The molecule has 31 heavy (non-hydrogen) atoms. The largest absolute Gasteiger partial charge is 0.481 e. The Morgan fingerprint density at radius 2 is 1.81 bits per heavy atom. The van der Waals surface area contributed by atoms with Crippen LogP contribution in [0.3, 0.4) is 0 Å². The van der Waals surface area contributed by atoms with Gasteiger partial charge in [-0.05, 0) is 41.3 Å². The maximum Gasteiger partial charge on any atom is 0.426 e. The van der Waals surface area contributed by atoms with Gasteiger partial charge < -0.3 is 9.84 Å². The number of halogens is 4. The van der Waals surface area contributed by atoms with Gasteiger partial charge >= 0.3 is 12.1 Å². The van der Waals surface area contributed by atoms with E-state index >= 15 is 0 Å². The third kappa shape index (κ3) is 4.00. The van der Waals surface area contributed by atoms with Gasteiger partial charge in [0.25, 0.3) is 0 Å². The topological polar surface area (TPSA) is 70.3 Å². The Bertz CT molecular complexity index is 1060. The van der Waals surface area contributed by atoms with Crippen LogP contribution >= 0.6 is 11.6 Å². The summed E-state index contributed by atoms with van der Waals surface area (Å²) in [7, 11) is 0. The van der Waals surface area contributed by atoms with E-state index in [1.807, 2.05) is 6.07 Å². The minimum absolute atomic E-state index is 0.423. The standard InChI is InChI=1S/C23H19ClF3NO3/c1-21(2)19(22(21,20(29)30)12-18(24)23(25,26)27)17(13-28)14-7-6-10-16(11-14)31-15-8-4-3-5-9-15/h3-12,17,19H,1-2H3,(H,29,30)/t17-,19?,22-/m1/s1. The molecule has 0 heterocycles. The number of nitriles is 1. The Kier molecular flexibility index (Phi) is 5.81. The lowest BCUT2D eigenvalue weighted by molar-refractivity contribution is -0.143. The first-order chi connectivity index (χ1) is 14.4. The van der Waals surface area contributed by atoms with Gasteiger partial charge in [-0.1, -0.05) is 55.8 Å². The smallest absolute Gasteiger partial charge is 0.426 e. The van der Waals surface area contributed by atoms with Gasteiger partial charge in [0.15, 0.2) is 0 Å². The number of hydrogen-bond donors (Lipinski definition) is 1. The first-order valence-electron chi connectivity index (χ1n) is 9.36. The van der Waals surface area contributed by atoms with Crippen LogP contribution in [0.4, 0.5) is 13.2 Å². The van der Waals surface area contributed by atoms with Gasteiger partial charge in [-0.25, -0.2) is 0 Å². The molecule has 0 spiro atoms. The number of benzene rings is 2. The molecule has 2 aromatic rings. The third-order valence-corrected chi connectivity index (χ3v) is 6.22. The van der Waals surface area contributed by atoms with Crippen molar-refractivity contribution in [2.24, 2.45) is 16.7 Å². The van der Waals surface area contributed by atoms with Gasteiger partial charge in [-0.3, -0.25) is 4.79 Å². The highest BCUT2D eigenvalue weighted by atomic mass is 35.5. The molecule has 0 aliphatic heterocycles. The molecule has 1 unspecified atom stereocenters. The number of hydrogen-bond acceptors (Lipinski definition) is 3. The van der Waals surface area contributed by atoms with Gasteiger partial charge in [-0.15, -0.1) is 0 Å². The highest BCUT2D eigenvalue weighted by Crippen LogP contribution is 2.74. The van der Waals surface area contributed by atoms with Crippen molar-refractivity contribution in [1.29, 1.82) is 5.26 Å². The first kappa shape index (κ1) is 22.7. The van der Waals surface area contributed by atoms with Crippen LogP contribution in [-0.2, 0) is 4.79 Å². The molecule has 0 bridgehead atoms. The Hall–Kier alpha value is -2.98. The van der Waals surface area contributed by atoms with Gasteiger partial charge in [0.2, 0.25) is 0 Å². The lowest BCUT2D eigenvalue weighted by Crippen LogP contribution is -2.22. The summed E-state index contributed by atoms with van der Waals surface area (Å²) in [5, 5.41) is 18.2. The van der Waals surface area contributed by atoms with Crippen LogP contribution in [0.15, 0.2) is 65.7 Å². The Morgan fingerprint density at radius 3 is 2.35 bits per heavy atom. The van der Waals surface area contributed by atoms with Gasteiger partial charge in [-0.2, -0.15) is 18.4 Å². The highest BCUT2D eigenvalue weighted by molar-refractivity contribution is 6.30. The monoisotopic (exact) mass is 449 g/mol. The average molecular weight is 450 g/mol. The van der Waals surface area contributed by atoms with Crippen LogP contribution in [0.2, 0.25) is 0 Å². The van der Waals surface area contributed by atoms with Crippen LogP contribution < -0.4 is 4.74 Å². The molecule has 8 heteroatoms. The number of allylic oxidation sites excluding steroid dienone is 1. The van der Waals surface area contributed by atoms with Crippen molar-refractivity contribution in [2.45, 2.75) is 25.9 Å². The number of alkyl halides is 3. The maximum atomic E-state index is 13.0. The second kappa shape index (κ2) is 7.93. The van der Waals surface area contributed by atoms with E-state index < -0.39 is 39.8 Å². The van der Waals surface area contributed by atoms with E-state index in [0.717, 1.165) is 0 Å². The number of aliphatic carboxylic acids is 1. The van der Waals surface area contributed by atoms with Crippen molar-refractivity contribution in [3.05, 3.63) is 71.3 Å². The number of nitrogens with zero attached hydrogens (tertiary/aromatic N) is 1. The number of rotatable bonds is 6. The summed E-state index contributed by atoms with van der Waals surface area (Å²) < 4.78 is 44.9. The number of carboxylic acid groups (broad SMARTS) is 1. The van der Waals surface area contributed by atoms with Gasteiger partial charge in [0.05, 0.1) is 17.4 Å². The van der Waals surface area contributed by atoms with E-state index in [4.69, 9.17) is 16.3 Å². The maximum absolute atomic E-state index is 13.0. The Balaban J connectivity index is 2.00. The van der Waals surface area contributed by atoms with Crippen molar-refractivity contribution < 1.29 is 27.8 Å². The fourth-order valence-electron chi connectivity index (χ4n) is 4.28. The zero-order valence-corrected chi connectivity index (χ0v) is 17.4. The fraction of sp³-hybridized carbons (Fsp3) is 0.304. The number of ether oxygens (including phenoxy) is 1. The molecule has 0 aromatic heterocycles. The van der Waals surface area contributed by atoms with Crippen molar-refractivity contribution in [2.75, 3.05) is 0 Å². The van der Waals surface area contributed by atoms with E-state index in [1.54, 1.807) is 48.5 Å². The number of carboxylic acids is 1. The van der Waals surface area contributed by atoms with E-state index in [1.165, 1.54) is 13.8 Å². The van der Waals surface area contributed by atoms with Crippen molar-refractivity contribution in [1.82, 2.24) is 0 Å². The Labute approximate surface area is 182 Å². The predicted molar refractivity (Wildman–Crippen MR) is 109 cm³/mol. The molecular weight excluding hydrogens is 431 g/mol. The predicted octanol–water partition coefficient (Wildman–Crippen LogP) is 6.50. The molecule has 0 saturated heterocycles. The Morgan fingerprint density at radius 1 is 1.19 bits per heavy atom. The van der Waals surface area contributed by atoms with E-state index in [2.05, 4.69) is 6.07 Å². The highest BCUT2D eigenvalue weighted by Gasteiger charge is 2.77. The molecule has 0 radical (unpaired) electrons. The molecule has 0 amide bonds. The van der Waals surface area contributed by atoms with Crippen LogP contribution in [0.25, 0.3) is 0 Å². The minimum atomic E-state index is -4.88. The summed E-state index contributed by atoms with van der Waals surface area (Å²) >= 11 is 5.40. The van der Waals surface area contributed by atoms with Crippen LogP contribution in [0.5, 0.6) is 11.5 Å². The summed E-state index contributed by atoms with van der Waals surface area (Å²) in [5.41, 5.74) is -2.62. The molecule has 162 valence electrons. The fourth-order valence-corrected chi connectivity index (χ4v) is 4.45. The quantitative estimate of drug-likeness (QED) is 0.546. The molecule has 3 atom stereocenters. The molecule has 1 N–H and O–H groups in total. The second-order valence-electron chi connectivity index (χ2n) is 7.96. The molecule has 3 rings (SSSR count). The first-order valence-corrected chi connectivity index (χ1v) is 9.74. The second-order valence-corrected chi connectivity index (χ2v) is 8.37. The van der Waals surface area contributed by atoms with Crippen molar-refractivity contribution in [3.8, 4) is 17.6 Å². The van der Waals surface area contributed by atoms with Gasteiger partial charge in [0.1, 0.15) is 16.5 Å². The summed E-state index contributed by atoms with van der Waals surface area (Å²) in [6, 6.07) is 17.5. The lowest BCUT2D eigenvalue weighted by atomic mass is 9.89. The number of para-hydroxylation sites is 1. The summed E-state index contributed by atoms with van der Waals surface area (Å²) in [5.74, 6) is -2.38. The number of carbonyl (C=O) groups is 1. The SMILES string of the molecule is CC1(C)C([C@H](C#N)c2cccc(Oc3ccccc3)c2)[C@]1(C=C(Cl)C(F)(F)F)C(=O)O. The van der Waals surface area contributed by atoms with E-state index in [0.29, 0.717) is 23.1 Å². The summed E-state index contributed by atoms with van der Waals surface area (Å²) in [6.45, 7) is 3.05. The molecule has 2 aromatic carbocycles. The zero-order valence-electron chi connectivity index (χ0n) is 16.7. The van der Waals surface area contributed by atoms with E-state index in [9.17, 15) is 28.3 Å². The van der Waals surface area contributed by atoms with Crippen LogP contribution in [-0.4, -0.2) is 17.3 Å². The van der Waals surface area contributed by atoms with Crippen molar-refractivity contribution >= 4 is 17.6 Å². The van der Waals surface area contributed by atoms with Crippen molar-refractivity contribution in [3.63, 3.8) is 0 Å². The molecular formula is C23H19ClF3NO3. The molecule has 1 fully saturated rings. The lowest BCUT2D eigenvalue weighted by Gasteiger charge is -2.15. The zero-order chi connectivity index (χ0) is 23.0. The molecule has 4 nitrogen and oxygen atoms in total. The molecule has 1 saturated carbocycles. The minimum Gasteiger partial charge on any atom is -0.481 e. The van der Waals surface area contributed by atoms with E-state index in [-0.39, 0.29) is 0 Å². The normalized spacial score (nSPS) is 23.5. The summed E-state index contributed by atoms with van der Waals surface area (Å²) in [4.78, 5) is 12.1. The summed E-state index contributed by atoms with van der Waals surface area (Å²) in [6.07, 6.45) is -4.34. The van der Waals surface area contributed by atoms with Gasteiger partial charge in [0, 0.05) is 5.92 Å². The third-order valence-electron chi connectivity index (χ3n) is 5.90. The molecule has 1 aliphatic carbocycles.